The van der Waals surface area contributed by atoms with Crippen LogP contribution in [0.3, 0.4) is 0 Å². The van der Waals surface area contributed by atoms with Crippen LogP contribution in [-0.2, 0) is 9.84 Å². The van der Waals surface area contributed by atoms with E-state index in [1.807, 2.05) is 0 Å². The van der Waals surface area contributed by atoms with Gasteiger partial charge in [0.25, 0.3) is 0 Å². The van der Waals surface area contributed by atoms with E-state index in [0.717, 1.165) is 12.1 Å². The molecule has 0 bridgehead atoms. The van der Waals surface area contributed by atoms with E-state index in [-0.39, 0.29) is 4.47 Å². The second-order valence-electron chi connectivity index (χ2n) is 3.32. The average molecular weight is 347 g/mol. The van der Waals surface area contributed by atoms with E-state index in [1.54, 1.807) is 0 Å². The number of aromatic carboxylic acids is 1. The monoisotopic (exact) mass is 346 g/mol. The van der Waals surface area contributed by atoms with Gasteiger partial charge in [-0.15, -0.1) is 0 Å². The number of hydrogen-bond donors (Lipinski definition) is 1. The number of benzene rings is 1. The molecule has 0 fully saturated rings. The predicted molar refractivity (Wildman–Crippen MR) is 59.2 cm³/mol. The Labute approximate surface area is 108 Å². The van der Waals surface area contributed by atoms with Gasteiger partial charge in [-0.2, -0.15) is 13.2 Å². The van der Waals surface area contributed by atoms with E-state index in [0.29, 0.717) is 6.07 Å². The van der Waals surface area contributed by atoms with Crippen LogP contribution in [0.15, 0.2) is 27.6 Å². The number of halogens is 4. The molecule has 1 N–H and O–H groups in total. The van der Waals surface area contributed by atoms with Gasteiger partial charge in [0.1, 0.15) is 0 Å². The quantitative estimate of drug-likeness (QED) is 0.912. The summed E-state index contributed by atoms with van der Waals surface area (Å²) in [6.07, 6.45) is -4.89. The highest BCUT2D eigenvalue weighted by Gasteiger charge is 2.37. The smallest absolute Gasteiger partial charge is 0.403 e. The third kappa shape index (κ3) is 3.70. The van der Waals surface area contributed by atoms with Crippen molar-refractivity contribution in [1.29, 1.82) is 0 Å². The maximum Gasteiger partial charge on any atom is 0.403 e. The molecule has 0 aliphatic rings. The topological polar surface area (TPSA) is 71.4 Å². The molecule has 18 heavy (non-hydrogen) atoms. The fourth-order valence-electron chi connectivity index (χ4n) is 1.17. The first-order valence-corrected chi connectivity index (χ1v) is 6.80. The van der Waals surface area contributed by atoms with E-state index < -0.39 is 38.2 Å². The molecule has 0 radical (unpaired) electrons. The van der Waals surface area contributed by atoms with Gasteiger partial charge in [-0.1, -0.05) is 0 Å². The van der Waals surface area contributed by atoms with E-state index in [2.05, 4.69) is 15.9 Å². The van der Waals surface area contributed by atoms with Crippen LogP contribution in [-0.4, -0.2) is 31.4 Å². The minimum Gasteiger partial charge on any atom is -0.478 e. The maximum atomic E-state index is 12.1. The van der Waals surface area contributed by atoms with Crippen molar-refractivity contribution >= 4 is 31.7 Å². The Kier molecular flexibility index (Phi) is 4.06. The fourth-order valence-corrected chi connectivity index (χ4v) is 3.41. The summed E-state index contributed by atoms with van der Waals surface area (Å²) in [5.74, 6) is -3.47. The Bertz CT molecular complexity index is 580. The van der Waals surface area contributed by atoms with E-state index in [1.165, 1.54) is 0 Å². The molecule has 0 saturated heterocycles. The van der Waals surface area contributed by atoms with Crippen LogP contribution < -0.4 is 0 Å². The van der Waals surface area contributed by atoms with Gasteiger partial charge in [0, 0.05) is 4.47 Å². The van der Waals surface area contributed by atoms with Gasteiger partial charge in [0.15, 0.2) is 15.6 Å². The zero-order valence-electron chi connectivity index (χ0n) is 8.53. The minimum atomic E-state index is -4.89. The highest BCUT2D eigenvalue weighted by atomic mass is 79.9. The Morgan fingerprint density at radius 3 is 2.33 bits per heavy atom. The van der Waals surface area contributed by atoms with Crippen LogP contribution in [0, 0.1) is 0 Å². The summed E-state index contributed by atoms with van der Waals surface area (Å²) in [5.41, 5.74) is -0.404. The molecule has 9 heteroatoms. The molecule has 0 amide bonds. The Morgan fingerprint density at radius 2 is 1.89 bits per heavy atom. The number of sulfone groups is 1. The molecule has 0 spiro atoms. The highest BCUT2D eigenvalue weighted by molar-refractivity contribution is 9.10. The van der Waals surface area contributed by atoms with Crippen molar-refractivity contribution in [3.63, 3.8) is 0 Å². The van der Waals surface area contributed by atoms with E-state index in [9.17, 15) is 26.4 Å². The normalized spacial score (nSPS) is 12.4. The first kappa shape index (κ1) is 15.0. The van der Waals surface area contributed by atoms with Gasteiger partial charge < -0.3 is 5.11 Å². The van der Waals surface area contributed by atoms with Gasteiger partial charge >= 0.3 is 12.1 Å². The molecular formula is C9H6BrF3O4S. The molecule has 4 nitrogen and oxygen atoms in total. The number of carbonyl (C=O) groups is 1. The number of alkyl halides is 3. The summed E-state index contributed by atoms with van der Waals surface area (Å²) in [5, 5.41) is 8.67. The molecule has 0 saturated carbocycles. The molecule has 0 unspecified atom stereocenters. The number of carboxylic acids is 1. The summed E-state index contributed by atoms with van der Waals surface area (Å²) < 4.78 is 59.2. The van der Waals surface area contributed by atoms with Gasteiger partial charge in [0.05, 0.1) is 10.5 Å². The SMILES string of the molecule is O=C(O)c1ccc(Br)c(S(=O)(=O)CC(F)(F)F)c1. The Hall–Kier alpha value is -1.09. The lowest BCUT2D eigenvalue weighted by atomic mass is 10.2. The third-order valence-electron chi connectivity index (χ3n) is 1.87. The average Bonchev–Trinajstić information content (AvgIpc) is 2.13. The van der Waals surface area contributed by atoms with Crippen molar-refractivity contribution in [2.45, 2.75) is 11.1 Å². The summed E-state index contributed by atoms with van der Waals surface area (Å²) in [6, 6.07) is 2.85. The molecule has 1 aromatic carbocycles. The second-order valence-corrected chi connectivity index (χ2v) is 6.14. The predicted octanol–water partition coefficient (Wildman–Crippen LogP) is 2.48. The molecule has 1 aromatic rings. The van der Waals surface area contributed by atoms with Crippen LogP contribution >= 0.6 is 15.9 Å². The van der Waals surface area contributed by atoms with Gasteiger partial charge in [-0.3, -0.25) is 0 Å². The van der Waals surface area contributed by atoms with Crippen molar-refractivity contribution in [3.05, 3.63) is 28.2 Å². The standard InChI is InChI=1S/C9H6BrF3O4S/c10-6-2-1-5(8(14)15)3-7(6)18(16,17)4-9(11,12)13/h1-3H,4H2,(H,14,15). The van der Waals surface area contributed by atoms with Crippen LogP contribution in [0.25, 0.3) is 0 Å². The van der Waals surface area contributed by atoms with Crippen molar-refractivity contribution < 1.29 is 31.5 Å². The van der Waals surface area contributed by atoms with Crippen LogP contribution in [0.2, 0.25) is 0 Å². The molecule has 100 valence electrons. The van der Waals surface area contributed by atoms with E-state index in [4.69, 9.17) is 5.11 Å². The molecule has 0 aromatic heterocycles. The first-order valence-electron chi connectivity index (χ1n) is 4.35. The summed E-state index contributed by atoms with van der Waals surface area (Å²) in [7, 11) is -4.64. The number of hydrogen-bond acceptors (Lipinski definition) is 3. The highest BCUT2D eigenvalue weighted by Crippen LogP contribution is 2.28. The lowest BCUT2D eigenvalue weighted by Gasteiger charge is -2.10. The van der Waals surface area contributed by atoms with Gasteiger partial charge in [-0.25, -0.2) is 13.2 Å². The van der Waals surface area contributed by atoms with Crippen molar-refractivity contribution in [1.82, 2.24) is 0 Å². The zero-order valence-corrected chi connectivity index (χ0v) is 10.9. The van der Waals surface area contributed by atoms with Crippen LogP contribution in [0.4, 0.5) is 13.2 Å². The third-order valence-corrected chi connectivity index (χ3v) is 4.54. The van der Waals surface area contributed by atoms with Crippen molar-refractivity contribution in [2.24, 2.45) is 0 Å². The Balaban J connectivity index is 3.32. The maximum absolute atomic E-state index is 12.1. The van der Waals surface area contributed by atoms with Gasteiger partial charge in [-0.05, 0) is 34.1 Å². The van der Waals surface area contributed by atoms with E-state index >= 15 is 0 Å². The largest absolute Gasteiger partial charge is 0.478 e. The van der Waals surface area contributed by atoms with Crippen molar-refractivity contribution in [3.8, 4) is 0 Å². The van der Waals surface area contributed by atoms with Gasteiger partial charge in [0.2, 0.25) is 0 Å². The first-order chi connectivity index (χ1) is 8.03. The van der Waals surface area contributed by atoms with Crippen molar-refractivity contribution in [2.75, 3.05) is 5.75 Å². The molecule has 0 heterocycles. The summed E-state index contributed by atoms with van der Waals surface area (Å²) in [6.45, 7) is 0. The van der Waals surface area contributed by atoms with Crippen LogP contribution in [0.5, 0.6) is 0 Å². The number of rotatable bonds is 3. The second kappa shape index (κ2) is 4.88. The lowest BCUT2D eigenvalue weighted by molar-refractivity contribution is -0.106. The Morgan fingerprint density at radius 1 is 1.33 bits per heavy atom. The minimum absolute atomic E-state index is 0.114. The molecule has 0 aliphatic carbocycles. The molecule has 0 atom stereocenters. The van der Waals surface area contributed by atoms with Crippen LogP contribution in [0.1, 0.15) is 10.4 Å². The number of carboxylic acid groups (broad SMARTS) is 1. The molecule has 1 rings (SSSR count). The molecular weight excluding hydrogens is 341 g/mol. The zero-order chi connectivity index (χ0) is 14.1. The lowest BCUT2D eigenvalue weighted by Crippen LogP contribution is -2.23. The summed E-state index contributed by atoms with van der Waals surface area (Å²) >= 11 is 2.78. The fraction of sp³-hybridized carbons (Fsp3) is 0.222. The molecule has 0 aliphatic heterocycles. The summed E-state index contributed by atoms with van der Waals surface area (Å²) in [4.78, 5) is 9.95.